The van der Waals surface area contributed by atoms with Crippen LogP contribution < -0.4 is 5.32 Å². The summed E-state index contributed by atoms with van der Waals surface area (Å²) in [4.78, 5) is 4.88. The van der Waals surface area contributed by atoms with Gasteiger partial charge in [0.25, 0.3) is 0 Å². The Bertz CT molecular complexity index is 225. The first-order valence-corrected chi connectivity index (χ1v) is 8.33. The number of thioether (sulfide) groups is 1. The van der Waals surface area contributed by atoms with E-state index in [1.54, 1.807) is 0 Å². The van der Waals surface area contributed by atoms with Gasteiger partial charge < -0.3 is 15.1 Å². The maximum atomic E-state index is 3.74. The summed E-state index contributed by atoms with van der Waals surface area (Å²) in [5.41, 5.74) is 0.359. The van der Waals surface area contributed by atoms with E-state index in [0.717, 1.165) is 6.54 Å². The molecule has 0 aliphatic carbocycles. The molecule has 1 atom stereocenters. The van der Waals surface area contributed by atoms with Crippen molar-refractivity contribution >= 4 is 11.8 Å². The lowest BCUT2D eigenvalue weighted by molar-refractivity contribution is 0.0645. The van der Waals surface area contributed by atoms with E-state index in [-0.39, 0.29) is 0 Å². The Balaban J connectivity index is 2.43. The van der Waals surface area contributed by atoms with Gasteiger partial charge in [0.05, 0.1) is 0 Å². The second-order valence-electron chi connectivity index (χ2n) is 5.86. The van der Waals surface area contributed by atoms with Crippen LogP contribution in [0.15, 0.2) is 0 Å². The van der Waals surface area contributed by atoms with Gasteiger partial charge in [-0.25, -0.2) is 0 Å². The molecule has 0 amide bonds. The van der Waals surface area contributed by atoms with E-state index in [2.05, 4.69) is 50.1 Å². The molecule has 0 radical (unpaired) electrons. The van der Waals surface area contributed by atoms with Crippen molar-refractivity contribution in [2.24, 2.45) is 0 Å². The number of nitrogens with zero attached hydrogens (tertiary/aromatic N) is 2. The van der Waals surface area contributed by atoms with Crippen molar-refractivity contribution in [1.82, 2.24) is 15.1 Å². The average molecular weight is 273 g/mol. The zero-order valence-electron chi connectivity index (χ0n) is 12.8. The van der Waals surface area contributed by atoms with Crippen LogP contribution in [0.1, 0.15) is 26.7 Å². The predicted octanol–water partition coefficient (Wildman–Crippen LogP) is 1.74. The molecule has 1 fully saturated rings. The third-order valence-electron chi connectivity index (χ3n) is 4.22. The van der Waals surface area contributed by atoms with Crippen molar-refractivity contribution in [3.8, 4) is 0 Å². The standard InChI is InChI=1S/C14H31N3S/c1-6-18-11-13(2)15-12-14(16(3)4)7-9-17(5)10-8-14/h13,15H,6-12H2,1-5H3/t13-/m1/s1. The number of nitrogens with one attached hydrogen (secondary N) is 1. The minimum atomic E-state index is 0.359. The number of likely N-dealkylation sites (N-methyl/N-ethyl adjacent to an activating group) is 1. The maximum absolute atomic E-state index is 3.74. The molecule has 3 nitrogen and oxygen atoms in total. The Hall–Kier alpha value is 0.230. The number of piperidine rings is 1. The molecule has 18 heavy (non-hydrogen) atoms. The quantitative estimate of drug-likeness (QED) is 0.761. The Morgan fingerprint density at radius 2 is 1.94 bits per heavy atom. The lowest BCUT2D eigenvalue weighted by atomic mass is 9.86. The van der Waals surface area contributed by atoms with E-state index in [1.807, 2.05) is 11.8 Å². The van der Waals surface area contributed by atoms with E-state index >= 15 is 0 Å². The molecule has 108 valence electrons. The monoisotopic (exact) mass is 273 g/mol. The molecule has 0 unspecified atom stereocenters. The van der Waals surface area contributed by atoms with Gasteiger partial charge in [0.2, 0.25) is 0 Å². The SMILES string of the molecule is CCSC[C@@H](C)NCC1(N(C)C)CCN(C)CC1. The molecule has 0 aromatic carbocycles. The minimum absolute atomic E-state index is 0.359. The molecule has 0 spiro atoms. The molecular formula is C14H31N3S. The topological polar surface area (TPSA) is 18.5 Å². The lowest BCUT2D eigenvalue weighted by Gasteiger charge is -2.46. The molecule has 1 rings (SSSR count). The summed E-state index contributed by atoms with van der Waals surface area (Å²) >= 11 is 2.03. The highest BCUT2D eigenvalue weighted by molar-refractivity contribution is 7.99. The van der Waals surface area contributed by atoms with Crippen LogP contribution in [-0.4, -0.2) is 73.7 Å². The van der Waals surface area contributed by atoms with Gasteiger partial charge in [-0.3, -0.25) is 0 Å². The Morgan fingerprint density at radius 1 is 1.33 bits per heavy atom. The molecule has 0 aromatic rings. The summed E-state index contributed by atoms with van der Waals surface area (Å²) < 4.78 is 0. The van der Waals surface area contributed by atoms with Crippen molar-refractivity contribution < 1.29 is 0 Å². The lowest BCUT2D eigenvalue weighted by Crippen LogP contribution is -2.58. The van der Waals surface area contributed by atoms with Gasteiger partial charge in [0.15, 0.2) is 0 Å². The van der Waals surface area contributed by atoms with Gasteiger partial charge in [0, 0.05) is 23.9 Å². The number of hydrogen-bond acceptors (Lipinski definition) is 4. The third-order valence-corrected chi connectivity index (χ3v) is 5.36. The summed E-state index contributed by atoms with van der Waals surface area (Å²) in [7, 11) is 6.70. The van der Waals surface area contributed by atoms with Crippen LogP contribution in [0, 0.1) is 0 Å². The molecule has 1 aliphatic heterocycles. The van der Waals surface area contributed by atoms with Crippen LogP contribution in [0.5, 0.6) is 0 Å². The van der Waals surface area contributed by atoms with Crippen molar-refractivity contribution in [2.75, 3.05) is 52.3 Å². The number of likely N-dealkylation sites (tertiary alicyclic amines) is 1. The fourth-order valence-electron chi connectivity index (χ4n) is 2.53. The van der Waals surface area contributed by atoms with E-state index in [9.17, 15) is 0 Å². The molecule has 4 heteroatoms. The van der Waals surface area contributed by atoms with Gasteiger partial charge in [-0.05, 0) is 59.8 Å². The first kappa shape index (κ1) is 16.3. The molecule has 1 N–H and O–H groups in total. The first-order valence-electron chi connectivity index (χ1n) is 7.17. The van der Waals surface area contributed by atoms with Crippen LogP contribution in [-0.2, 0) is 0 Å². The smallest absolute Gasteiger partial charge is 0.0352 e. The van der Waals surface area contributed by atoms with Gasteiger partial charge in [-0.15, -0.1) is 0 Å². The molecule has 0 aromatic heterocycles. The fraction of sp³-hybridized carbons (Fsp3) is 1.00. The highest BCUT2D eigenvalue weighted by Gasteiger charge is 2.35. The fourth-order valence-corrected chi connectivity index (χ4v) is 3.24. The molecular weight excluding hydrogens is 242 g/mol. The second-order valence-corrected chi connectivity index (χ2v) is 7.18. The molecule has 1 aliphatic rings. The highest BCUT2D eigenvalue weighted by Crippen LogP contribution is 2.26. The minimum Gasteiger partial charge on any atom is -0.312 e. The second kappa shape index (κ2) is 7.73. The first-order chi connectivity index (χ1) is 8.50. The van der Waals surface area contributed by atoms with Crippen LogP contribution in [0.4, 0.5) is 0 Å². The van der Waals surface area contributed by atoms with E-state index < -0.39 is 0 Å². The van der Waals surface area contributed by atoms with Crippen LogP contribution in [0.2, 0.25) is 0 Å². The van der Waals surface area contributed by atoms with E-state index in [4.69, 9.17) is 0 Å². The molecule has 0 saturated carbocycles. The van der Waals surface area contributed by atoms with Crippen LogP contribution >= 0.6 is 11.8 Å². The Morgan fingerprint density at radius 3 is 2.44 bits per heavy atom. The van der Waals surface area contributed by atoms with Gasteiger partial charge in [0.1, 0.15) is 0 Å². The van der Waals surface area contributed by atoms with Gasteiger partial charge >= 0.3 is 0 Å². The van der Waals surface area contributed by atoms with Crippen molar-refractivity contribution in [2.45, 2.75) is 38.3 Å². The summed E-state index contributed by atoms with van der Waals surface area (Å²) in [5, 5.41) is 3.74. The molecule has 1 heterocycles. The largest absolute Gasteiger partial charge is 0.312 e. The zero-order chi connectivity index (χ0) is 13.6. The van der Waals surface area contributed by atoms with Crippen molar-refractivity contribution in [1.29, 1.82) is 0 Å². The average Bonchev–Trinajstić information content (AvgIpc) is 2.35. The Labute approximate surface area is 118 Å². The van der Waals surface area contributed by atoms with Crippen molar-refractivity contribution in [3.05, 3.63) is 0 Å². The summed E-state index contributed by atoms with van der Waals surface area (Å²) in [6, 6.07) is 0.617. The van der Waals surface area contributed by atoms with E-state index in [1.165, 1.54) is 37.4 Å². The van der Waals surface area contributed by atoms with Gasteiger partial charge in [-0.2, -0.15) is 11.8 Å². The zero-order valence-corrected chi connectivity index (χ0v) is 13.6. The Kier molecular flexibility index (Phi) is 6.99. The van der Waals surface area contributed by atoms with Crippen molar-refractivity contribution in [3.63, 3.8) is 0 Å². The van der Waals surface area contributed by atoms with Crippen LogP contribution in [0.25, 0.3) is 0 Å². The maximum Gasteiger partial charge on any atom is 0.0352 e. The summed E-state index contributed by atoms with van der Waals surface area (Å²) in [6.07, 6.45) is 2.55. The summed E-state index contributed by atoms with van der Waals surface area (Å²) in [6.45, 7) is 8.10. The van der Waals surface area contributed by atoms with E-state index in [0.29, 0.717) is 11.6 Å². The summed E-state index contributed by atoms with van der Waals surface area (Å²) in [5.74, 6) is 2.44. The predicted molar refractivity (Wildman–Crippen MR) is 83.6 cm³/mol. The highest BCUT2D eigenvalue weighted by atomic mass is 32.2. The number of rotatable bonds is 7. The number of hydrogen-bond donors (Lipinski definition) is 1. The van der Waals surface area contributed by atoms with Crippen LogP contribution in [0.3, 0.4) is 0 Å². The third kappa shape index (κ3) is 4.72. The van der Waals surface area contributed by atoms with Gasteiger partial charge in [-0.1, -0.05) is 6.92 Å². The normalized spacial score (nSPS) is 22.3. The molecule has 0 bridgehead atoms. The molecule has 1 saturated heterocycles.